The van der Waals surface area contributed by atoms with Gasteiger partial charge in [-0.1, -0.05) is 0 Å². The van der Waals surface area contributed by atoms with Crippen LogP contribution in [0.25, 0.3) is 10.9 Å². The topological polar surface area (TPSA) is 171 Å². The highest BCUT2D eigenvalue weighted by Gasteiger charge is 2.59. The largest absolute Gasteiger partial charge is 0.511 e. The summed E-state index contributed by atoms with van der Waals surface area (Å²) < 4.78 is 0. The summed E-state index contributed by atoms with van der Waals surface area (Å²) in [6.45, 7) is 0. The minimum absolute atomic E-state index is 0.0166. The number of nitrogens with two attached hydrogens (primary N) is 1. The molecule has 0 saturated carbocycles. The van der Waals surface area contributed by atoms with Crippen molar-refractivity contribution in [2.24, 2.45) is 17.6 Å². The quantitative estimate of drug-likeness (QED) is 0.426. The summed E-state index contributed by atoms with van der Waals surface area (Å²) in [6.07, 6.45) is 1.67. The van der Waals surface area contributed by atoms with Gasteiger partial charge in [0, 0.05) is 29.5 Å². The molecule has 2 aromatic rings. The molecule has 0 radical (unpaired) electrons. The van der Waals surface area contributed by atoms with Crippen LogP contribution in [0.5, 0.6) is 5.75 Å². The average Bonchev–Trinajstić information content (AvgIpc) is 2.70. The van der Waals surface area contributed by atoms with E-state index >= 15 is 0 Å². The highest BCUT2D eigenvalue weighted by Crippen LogP contribution is 2.51. The fourth-order valence-electron chi connectivity index (χ4n) is 5.21. The molecule has 9 nitrogen and oxygen atoms in total. The van der Waals surface area contributed by atoms with Crippen LogP contribution in [0.2, 0.25) is 0 Å². The fraction of sp³-hybridized carbons (Fsp3) is 0.273. The Hall–Kier alpha value is -3.72. The van der Waals surface area contributed by atoms with Crippen LogP contribution in [0.4, 0.5) is 0 Å². The summed E-state index contributed by atoms with van der Waals surface area (Å²) in [7, 11) is 0. The van der Waals surface area contributed by atoms with Gasteiger partial charge in [0.2, 0.25) is 5.78 Å². The number of phenolic OH excluding ortho intramolecular Hbond substituents is 1. The summed E-state index contributed by atoms with van der Waals surface area (Å²) in [5, 5.41) is 43.4. The number of aliphatic hydroxyl groups excluding tert-OH is 2. The number of aromatic hydroxyl groups is 1. The molecular weight excluding hydrogens is 404 g/mol. The van der Waals surface area contributed by atoms with Gasteiger partial charge >= 0.3 is 0 Å². The van der Waals surface area contributed by atoms with Crippen molar-refractivity contribution in [1.82, 2.24) is 4.98 Å². The lowest BCUT2D eigenvalue weighted by Gasteiger charge is -2.45. The van der Waals surface area contributed by atoms with E-state index in [0.717, 1.165) is 0 Å². The summed E-state index contributed by atoms with van der Waals surface area (Å²) in [4.78, 5) is 42.1. The SMILES string of the molecule is NC(=O)C1=C(O)C[C@@H]2CC3Cc4cc5ncccc5c(O)c4C(=O)C3=C(O)[C@]2(O)C1=O. The third-order valence-corrected chi connectivity index (χ3v) is 6.63. The molecule has 3 aliphatic carbocycles. The fourth-order valence-corrected chi connectivity index (χ4v) is 5.21. The van der Waals surface area contributed by atoms with E-state index in [1.165, 1.54) is 0 Å². The second-order valence-corrected chi connectivity index (χ2v) is 8.24. The standard InChI is InChI=1S/C22H18N2O7/c23-21(30)16-13(25)7-10-5-8-4-9-6-12-11(2-1-3-24-12)17(26)14(9)18(27)15(8)19(28)22(10,31)20(16)29/h1-3,6,8,10,25-26,28,31H,4-5,7H2,(H2,23,30)/t8?,10-,22-/m0/s1. The number of Topliss-reactive ketones (excluding diaryl/α,β-unsaturated/α-hetero) is 2. The zero-order valence-electron chi connectivity index (χ0n) is 16.1. The lowest BCUT2D eigenvalue weighted by molar-refractivity contribution is -0.144. The number of fused-ring (bicyclic) bond motifs is 4. The Morgan fingerprint density at radius 1 is 1.19 bits per heavy atom. The number of amides is 1. The first-order valence-electron chi connectivity index (χ1n) is 9.73. The van der Waals surface area contributed by atoms with Gasteiger partial charge in [0.15, 0.2) is 11.4 Å². The Morgan fingerprint density at radius 2 is 1.94 bits per heavy atom. The molecule has 9 heteroatoms. The van der Waals surface area contributed by atoms with E-state index in [2.05, 4.69) is 4.98 Å². The van der Waals surface area contributed by atoms with E-state index in [0.29, 0.717) is 16.5 Å². The Labute approximate surface area is 175 Å². The molecule has 0 spiro atoms. The molecule has 158 valence electrons. The summed E-state index contributed by atoms with van der Waals surface area (Å²) in [6, 6.07) is 4.92. The lowest BCUT2D eigenvalue weighted by Crippen LogP contribution is -2.57. The number of carbonyl (C=O) groups excluding carboxylic acids is 3. The number of nitrogens with zero attached hydrogens (tertiary/aromatic N) is 1. The van der Waals surface area contributed by atoms with Gasteiger partial charge in [0.05, 0.1) is 11.1 Å². The molecule has 6 N–H and O–H groups in total. The number of rotatable bonds is 1. The van der Waals surface area contributed by atoms with Gasteiger partial charge in [-0.25, -0.2) is 0 Å². The summed E-state index contributed by atoms with van der Waals surface area (Å²) >= 11 is 0. The maximum atomic E-state index is 13.4. The van der Waals surface area contributed by atoms with Crippen molar-refractivity contribution in [2.75, 3.05) is 0 Å². The Morgan fingerprint density at radius 3 is 2.65 bits per heavy atom. The van der Waals surface area contributed by atoms with Crippen molar-refractivity contribution in [2.45, 2.75) is 24.9 Å². The van der Waals surface area contributed by atoms with E-state index in [1.54, 1.807) is 24.4 Å². The molecular formula is C22H18N2O7. The molecule has 0 bridgehead atoms. The number of aromatic nitrogens is 1. The Kier molecular flexibility index (Phi) is 3.82. The average molecular weight is 422 g/mol. The second-order valence-electron chi connectivity index (χ2n) is 8.24. The predicted molar refractivity (Wildman–Crippen MR) is 106 cm³/mol. The number of carbonyl (C=O) groups is 3. The van der Waals surface area contributed by atoms with Crippen LogP contribution in [-0.2, 0) is 16.0 Å². The molecule has 1 heterocycles. The first-order valence-corrected chi connectivity index (χ1v) is 9.73. The molecule has 31 heavy (non-hydrogen) atoms. The zero-order chi connectivity index (χ0) is 22.2. The van der Waals surface area contributed by atoms with E-state index in [1.807, 2.05) is 0 Å². The molecule has 1 aromatic carbocycles. The van der Waals surface area contributed by atoms with Gasteiger partial charge in [-0.3, -0.25) is 19.4 Å². The monoisotopic (exact) mass is 422 g/mol. The molecule has 1 aromatic heterocycles. The molecule has 1 amide bonds. The number of hydrogen-bond acceptors (Lipinski definition) is 8. The third kappa shape index (κ3) is 2.35. The van der Waals surface area contributed by atoms with Crippen molar-refractivity contribution < 1.29 is 34.8 Å². The summed E-state index contributed by atoms with van der Waals surface area (Å²) in [5.74, 6) is -6.35. The molecule has 3 atom stereocenters. The number of aliphatic hydroxyl groups is 3. The smallest absolute Gasteiger partial charge is 0.255 e. The van der Waals surface area contributed by atoms with Crippen molar-refractivity contribution >= 4 is 28.4 Å². The number of pyridine rings is 1. The Bertz CT molecular complexity index is 1290. The van der Waals surface area contributed by atoms with E-state index in [-0.39, 0.29) is 36.1 Å². The minimum Gasteiger partial charge on any atom is -0.511 e. The van der Waals surface area contributed by atoms with Crippen LogP contribution in [0, 0.1) is 11.8 Å². The van der Waals surface area contributed by atoms with Crippen LogP contribution in [-0.4, -0.2) is 48.5 Å². The normalized spacial score (nSPS) is 27.8. The van der Waals surface area contributed by atoms with E-state index in [9.17, 15) is 34.8 Å². The molecule has 0 saturated heterocycles. The van der Waals surface area contributed by atoms with Crippen LogP contribution in [0.1, 0.15) is 28.8 Å². The molecule has 1 unspecified atom stereocenters. The van der Waals surface area contributed by atoms with Crippen molar-refractivity contribution in [1.29, 1.82) is 0 Å². The van der Waals surface area contributed by atoms with Gasteiger partial charge in [0.1, 0.15) is 22.8 Å². The molecule has 5 rings (SSSR count). The highest BCUT2D eigenvalue weighted by atomic mass is 16.3. The zero-order valence-corrected chi connectivity index (χ0v) is 16.1. The van der Waals surface area contributed by atoms with Gasteiger partial charge in [-0.15, -0.1) is 0 Å². The minimum atomic E-state index is -2.55. The highest BCUT2D eigenvalue weighted by molar-refractivity contribution is 6.24. The number of ketones is 2. The van der Waals surface area contributed by atoms with Gasteiger partial charge in [-0.05, 0) is 42.5 Å². The first-order chi connectivity index (χ1) is 14.7. The number of phenols is 1. The molecule has 0 fully saturated rings. The van der Waals surface area contributed by atoms with Crippen LogP contribution < -0.4 is 5.73 Å². The van der Waals surface area contributed by atoms with Gasteiger partial charge < -0.3 is 26.2 Å². The van der Waals surface area contributed by atoms with Gasteiger partial charge in [0.25, 0.3) is 5.91 Å². The van der Waals surface area contributed by atoms with Crippen LogP contribution in [0.15, 0.2) is 47.1 Å². The van der Waals surface area contributed by atoms with Crippen LogP contribution in [0.3, 0.4) is 0 Å². The third-order valence-electron chi connectivity index (χ3n) is 6.63. The molecule has 3 aliphatic rings. The number of benzene rings is 1. The number of allylic oxidation sites excluding steroid dienone is 2. The van der Waals surface area contributed by atoms with Crippen LogP contribution >= 0.6 is 0 Å². The molecule has 0 aliphatic heterocycles. The number of primary amides is 1. The maximum Gasteiger partial charge on any atom is 0.255 e. The lowest BCUT2D eigenvalue weighted by atomic mass is 9.60. The van der Waals surface area contributed by atoms with Gasteiger partial charge in [-0.2, -0.15) is 0 Å². The summed E-state index contributed by atoms with van der Waals surface area (Å²) in [5.41, 5.74) is 2.70. The first kappa shape index (κ1) is 19.3. The predicted octanol–water partition coefficient (Wildman–Crippen LogP) is 1.13. The second kappa shape index (κ2) is 6.14. The van der Waals surface area contributed by atoms with E-state index < -0.39 is 52.0 Å². The van der Waals surface area contributed by atoms with E-state index in [4.69, 9.17) is 5.73 Å². The van der Waals surface area contributed by atoms with Crippen molar-refractivity contribution in [3.63, 3.8) is 0 Å². The maximum absolute atomic E-state index is 13.4. The van der Waals surface area contributed by atoms with Crippen molar-refractivity contribution in [3.05, 3.63) is 58.2 Å². The Balaban J connectivity index is 1.72. The van der Waals surface area contributed by atoms with Crippen molar-refractivity contribution in [3.8, 4) is 5.75 Å². The number of hydrogen-bond donors (Lipinski definition) is 5.